The van der Waals surface area contributed by atoms with Gasteiger partial charge in [0.2, 0.25) is 0 Å². The molecule has 0 saturated carbocycles. The molecular formula is C11H14N2O2. The predicted octanol–water partition coefficient (Wildman–Crippen LogP) is 1.23. The van der Waals surface area contributed by atoms with Gasteiger partial charge in [0.25, 0.3) is 0 Å². The molecule has 0 unspecified atom stereocenters. The number of benzene rings is 1. The molecule has 80 valence electrons. The molecule has 1 aromatic rings. The van der Waals surface area contributed by atoms with Crippen molar-refractivity contribution in [3.05, 3.63) is 35.4 Å². The van der Waals surface area contributed by atoms with Crippen molar-refractivity contribution in [3.8, 4) is 6.07 Å². The number of nitriles is 1. The third-order valence-electron chi connectivity index (χ3n) is 1.85. The van der Waals surface area contributed by atoms with Crippen LogP contribution in [0.4, 0.5) is 0 Å². The maximum Gasteiger partial charge on any atom is 0.0991 e. The second-order valence-corrected chi connectivity index (χ2v) is 2.97. The van der Waals surface area contributed by atoms with Crippen LogP contribution in [0.3, 0.4) is 0 Å². The van der Waals surface area contributed by atoms with Gasteiger partial charge < -0.3 is 4.74 Å². The highest BCUT2D eigenvalue weighted by Gasteiger charge is 1.93. The molecule has 0 saturated heterocycles. The monoisotopic (exact) mass is 206 g/mol. The molecule has 0 atom stereocenters. The van der Waals surface area contributed by atoms with E-state index in [-0.39, 0.29) is 0 Å². The van der Waals surface area contributed by atoms with Crippen LogP contribution in [0.15, 0.2) is 24.3 Å². The smallest absolute Gasteiger partial charge is 0.0991 e. The zero-order valence-electron chi connectivity index (χ0n) is 8.69. The van der Waals surface area contributed by atoms with Crippen LogP contribution in [-0.4, -0.2) is 20.3 Å². The predicted molar refractivity (Wildman–Crippen MR) is 55.8 cm³/mol. The van der Waals surface area contributed by atoms with Gasteiger partial charge >= 0.3 is 0 Å². The molecule has 0 aliphatic carbocycles. The van der Waals surface area contributed by atoms with E-state index in [0.29, 0.717) is 25.3 Å². The number of hydrogen-bond acceptors (Lipinski definition) is 4. The van der Waals surface area contributed by atoms with Crippen molar-refractivity contribution in [3.63, 3.8) is 0 Å². The van der Waals surface area contributed by atoms with E-state index in [4.69, 9.17) is 14.8 Å². The minimum atomic E-state index is 0.521. The van der Waals surface area contributed by atoms with Gasteiger partial charge in [-0.15, -0.1) is 0 Å². The lowest BCUT2D eigenvalue weighted by Crippen LogP contribution is -2.17. The number of nitrogens with one attached hydrogen (secondary N) is 1. The Morgan fingerprint density at radius 2 is 2.00 bits per heavy atom. The summed E-state index contributed by atoms with van der Waals surface area (Å²) in [6, 6.07) is 9.43. The molecule has 0 aromatic heterocycles. The Kier molecular flexibility index (Phi) is 5.41. The first kappa shape index (κ1) is 11.7. The van der Waals surface area contributed by atoms with Crippen LogP contribution >= 0.6 is 0 Å². The fraction of sp³-hybridized carbons (Fsp3) is 0.364. The van der Waals surface area contributed by atoms with E-state index in [1.54, 1.807) is 19.2 Å². The Labute approximate surface area is 89.4 Å². The lowest BCUT2D eigenvalue weighted by Gasteiger charge is -2.05. The molecule has 0 radical (unpaired) electrons. The van der Waals surface area contributed by atoms with Gasteiger partial charge in [-0.1, -0.05) is 12.1 Å². The van der Waals surface area contributed by atoms with Gasteiger partial charge in [0, 0.05) is 13.7 Å². The van der Waals surface area contributed by atoms with E-state index in [2.05, 4.69) is 11.5 Å². The van der Waals surface area contributed by atoms with Crippen molar-refractivity contribution in [2.24, 2.45) is 0 Å². The maximum absolute atomic E-state index is 8.60. The molecule has 0 fully saturated rings. The third-order valence-corrected chi connectivity index (χ3v) is 1.85. The highest BCUT2D eigenvalue weighted by molar-refractivity contribution is 5.31. The second-order valence-electron chi connectivity index (χ2n) is 2.97. The molecule has 0 heterocycles. The zero-order chi connectivity index (χ0) is 10.9. The van der Waals surface area contributed by atoms with Crippen molar-refractivity contribution in [2.45, 2.75) is 6.54 Å². The number of methoxy groups -OCH3 is 1. The van der Waals surface area contributed by atoms with Crippen LogP contribution in [0.2, 0.25) is 0 Å². The molecule has 15 heavy (non-hydrogen) atoms. The molecule has 1 aromatic carbocycles. The van der Waals surface area contributed by atoms with Crippen LogP contribution in [0.25, 0.3) is 0 Å². The van der Waals surface area contributed by atoms with E-state index in [0.717, 1.165) is 5.56 Å². The van der Waals surface area contributed by atoms with Gasteiger partial charge in [0.05, 0.1) is 24.8 Å². The summed E-state index contributed by atoms with van der Waals surface area (Å²) in [5, 5.41) is 8.60. The minimum Gasteiger partial charge on any atom is -0.382 e. The summed E-state index contributed by atoms with van der Waals surface area (Å²) in [5.74, 6) is 0. The van der Waals surface area contributed by atoms with E-state index >= 15 is 0 Å². The molecule has 1 rings (SSSR count). The highest BCUT2D eigenvalue weighted by atomic mass is 16.7. The lowest BCUT2D eigenvalue weighted by atomic mass is 10.1. The molecule has 1 N–H and O–H groups in total. The normalized spacial score (nSPS) is 9.87. The topological polar surface area (TPSA) is 54.3 Å². The van der Waals surface area contributed by atoms with E-state index in [9.17, 15) is 0 Å². The van der Waals surface area contributed by atoms with Crippen molar-refractivity contribution < 1.29 is 9.57 Å². The lowest BCUT2D eigenvalue weighted by molar-refractivity contribution is 0.00346. The van der Waals surface area contributed by atoms with Crippen LogP contribution < -0.4 is 5.48 Å². The molecular weight excluding hydrogens is 192 g/mol. The Balaban J connectivity index is 2.23. The summed E-state index contributed by atoms with van der Waals surface area (Å²) in [6.45, 7) is 1.71. The van der Waals surface area contributed by atoms with E-state index < -0.39 is 0 Å². The first-order chi connectivity index (χ1) is 7.36. The van der Waals surface area contributed by atoms with Gasteiger partial charge in [0.1, 0.15) is 0 Å². The number of hydroxylamine groups is 1. The standard InChI is InChI=1S/C11H14N2O2/c1-14-6-7-15-13-9-11-4-2-10(8-12)3-5-11/h2-5,13H,6-7,9H2,1H3. The zero-order valence-corrected chi connectivity index (χ0v) is 8.69. The van der Waals surface area contributed by atoms with Crippen molar-refractivity contribution in [1.29, 1.82) is 5.26 Å². The highest BCUT2D eigenvalue weighted by Crippen LogP contribution is 2.02. The quantitative estimate of drug-likeness (QED) is 0.561. The summed E-state index contributed by atoms with van der Waals surface area (Å²) in [5.41, 5.74) is 4.55. The fourth-order valence-corrected chi connectivity index (χ4v) is 1.03. The van der Waals surface area contributed by atoms with Gasteiger partial charge in [-0.05, 0) is 17.7 Å². The summed E-state index contributed by atoms with van der Waals surface area (Å²) in [4.78, 5) is 5.09. The minimum absolute atomic E-state index is 0.521. The summed E-state index contributed by atoms with van der Waals surface area (Å²) < 4.78 is 4.82. The number of ether oxygens (including phenoxy) is 1. The van der Waals surface area contributed by atoms with Crippen molar-refractivity contribution >= 4 is 0 Å². The molecule has 0 amide bonds. The Morgan fingerprint density at radius 1 is 1.27 bits per heavy atom. The Bertz CT molecular complexity index is 316. The average molecular weight is 206 g/mol. The summed E-state index contributed by atoms with van der Waals surface area (Å²) in [6.07, 6.45) is 0. The van der Waals surface area contributed by atoms with Crippen molar-refractivity contribution in [2.75, 3.05) is 20.3 Å². The molecule has 0 aliphatic heterocycles. The molecule has 4 nitrogen and oxygen atoms in total. The molecule has 0 bridgehead atoms. The maximum atomic E-state index is 8.60. The van der Waals surface area contributed by atoms with Crippen LogP contribution in [-0.2, 0) is 16.1 Å². The first-order valence-electron chi connectivity index (χ1n) is 4.69. The summed E-state index contributed by atoms with van der Waals surface area (Å²) in [7, 11) is 1.63. The van der Waals surface area contributed by atoms with Gasteiger partial charge in [-0.25, -0.2) is 0 Å². The molecule has 4 heteroatoms. The second kappa shape index (κ2) is 6.96. The van der Waals surface area contributed by atoms with Gasteiger partial charge in [0.15, 0.2) is 0 Å². The van der Waals surface area contributed by atoms with Gasteiger partial charge in [-0.3, -0.25) is 4.84 Å². The van der Waals surface area contributed by atoms with Crippen LogP contribution in [0.1, 0.15) is 11.1 Å². The van der Waals surface area contributed by atoms with Gasteiger partial charge in [-0.2, -0.15) is 10.7 Å². The Hall–Kier alpha value is -1.41. The van der Waals surface area contributed by atoms with Crippen LogP contribution in [0, 0.1) is 11.3 Å². The summed E-state index contributed by atoms with van der Waals surface area (Å²) >= 11 is 0. The van der Waals surface area contributed by atoms with E-state index in [1.165, 1.54) is 0 Å². The fourth-order valence-electron chi connectivity index (χ4n) is 1.03. The first-order valence-corrected chi connectivity index (χ1v) is 4.69. The number of rotatable bonds is 6. The average Bonchev–Trinajstić information content (AvgIpc) is 2.30. The molecule has 0 aliphatic rings. The Morgan fingerprint density at radius 3 is 2.60 bits per heavy atom. The SMILES string of the molecule is COCCONCc1ccc(C#N)cc1. The van der Waals surface area contributed by atoms with Crippen LogP contribution in [0.5, 0.6) is 0 Å². The third kappa shape index (κ3) is 4.56. The van der Waals surface area contributed by atoms with E-state index in [1.807, 2.05) is 12.1 Å². The van der Waals surface area contributed by atoms with Crippen molar-refractivity contribution in [1.82, 2.24) is 5.48 Å². The largest absolute Gasteiger partial charge is 0.382 e. The number of hydrogen-bond donors (Lipinski definition) is 1. The molecule has 0 spiro atoms. The number of nitrogens with zero attached hydrogens (tertiary/aromatic N) is 1.